The number of aliphatic hydroxyl groups is 1. The van der Waals surface area contributed by atoms with Gasteiger partial charge >= 0.3 is 6.03 Å². The van der Waals surface area contributed by atoms with Crippen LogP contribution >= 0.6 is 0 Å². The molecule has 0 radical (unpaired) electrons. The molecule has 0 saturated carbocycles. The van der Waals surface area contributed by atoms with Crippen LogP contribution in [0.25, 0.3) is 0 Å². The Morgan fingerprint density at radius 2 is 1.66 bits per heavy atom. The van der Waals surface area contributed by atoms with Gasteiger partial charge < -0.3 is 39.6 Å². The molecule has 3 aromatic rings. The third kappa shape index (κ3) is 9.04. The predicted octanol–water partition coefficient (Wildman–Crippen LogP) is 5.18. The number of benzene rings is 3. The molecule has 0 bridgehead atoms. The second-order valence-corrected chi connectivity index (χ2v) is 14.8. The first kappa shape index (κ1) is 36.9. The number of fused-ring (bicyclic) bond motifs is 2. The quantitative estimate of drug-likeness (QED) is 0.287. The number of nitrogens with one attached hydrogen (secondary N) is 2. The van der Waals surface area contributed by atoms with Gasteiger partial charge in [0.15, 0.2) is 11.5 Å². The molecule has 0 aromatic heterocycles. The van der Waals surface area contributed by atoms with Crippen LogP contribution in [0.4, 0.5) is 16.2 Å². The van der Waals surface area contributed by atoms with Crippen molar-refractivity contribution in [2.75, 3.05) is 50.8 Å². The van der Waals surface area contributed by atoms with E-state index in [1.807, 2.05) is 13.8 Å². The van der Waals surface area contributed by atoms with E-state index >= 15 is 0 Å². The Labute approximate surface area is 293 Å². The zero-order chi connectivity index (χ0) is 35.8. The number of hydrogen-bond donors (Lipinski definition) is 3. The highest BCUT2D eigenvalue weighted by Gasteiger charge is 2.32. The molecule has 270 valence electrons. The normalized spacial score (nSPS) is 20.7. The van der Waals surface area contributed by atoms with Crippen LogP contribution in [-0.4, -0.2) is 93.1 Å². The zero-order valence-electron chi connectivity index (χ0n) is 28.8. The van der Waals surface area contributed by atoms with Crippen molar-refractivity contribution >= 4 is 33.3 Å². The summed E-state index contributed by atoms with van der Waals surface area (Å²) in [5.41, 5.74) is 1.06. The Balaban J connectivity index is 1.39. The third-order valence-corrected chi connectivity index (χ3v) is 10.7. The van der Waals surface area contributed by atoms with E-state index in [0.29, 0.717) is 41.7 Å². The lowest BCUT2D eigenvalue weighted by Gasteiger charge is -2.35. The topological polar surface area (TPSA) is 156 Å². The molecule has 3 N–H and O–H groups in total. The molecular weight excluding hydrogens is 664 g/mol. The summed E-state index contributed by atoms with van der Waals surface area (Å²) in [6, 6.07) is 17.0. The van der Waals surface area contributed by atoms with Crippen LogP contribution < -0.4 is 24.8 Å². The SMILES string of the molecule is C[C@@H]1CCCCO[C@@H](CN(C)S(=O)(=O)c2ccccc2)[C@H](C)CN([C@@H](C)CO)C(=O)c2cc(NC(=O)Nc3ccc4c(c3)OCO4)ccc2O1. The van der Waals surface area contributed by atoms with Gasteiger partial charge in [0.1, 0.15) is 5.75 Å². The van der Waals surface area contributed by atoms with Gasteiger partial charge in [0.2, 0.25) is 16.8 Å². The van der Waals surface area contributed by atoms with Gasteiger partial charge in [-0.05, 0) is 75.6 Å². The smallest absolute Gasteiger partial charge is 0.323 e. The van der Waals surface area contributed by atoms with E-state index in [1.54, 1.807) is 78.6 Å². The first-order valence-electron chi connectivity index (χ1n) is 16.8. The Morgan fingerprint density at radius 1 is 0.980 bits per heavy atom. The highest BCUT2D eigenvalue weighted by atomic mass is 32.2. The highest BCUT2D eigenvalue weighted by molar-refractivity contribution is 7.89. The summed E-state index contributed by atoms with van der Waals surface area (Å²) >= 11 is 0. The molecule has 0 saturated heterocycles. The first-order valence-corrected chi connectivity index (χ1v) is 18.2. The van der Waals surface area contributed by atoms with E-state index in [1.165, 1.54) is 11.4 Å². The Morgan fingerprint density at radius 3 is 2.38 bits per heavy atom. The van der Waals surface area contributed by atoms with Crippen LogP contribution in [0.3, 0.4) is 0 Å². The Bertz CT molecular complexity index is 1740. The van der Waals surface area contributed by atoms with E-state index in [2.05, 4.69) is 10.6 Å². The molecular formula is C36H46N4O9S. The average Bonchev–Trinajstić information content (AvgIpc) is 3.57. The largest absolute Gasteiger partial charge is 0.490 e. The maximum atomic E-state index is 14.4. The number of hydrogen-bond acceptors (Lipinski definition) is 9. The predicted molar refractivity (Wildman–Crippen MR) is 188 cm³/mol. The van der Waals surface area contributed by atoms with Gasteiger partial charge in [0.05, 0.1) is 35.3 Å². The summed E-state index contributed by atoms with van der Waals surface area (Å²) < 4.78 is 51.4. The molecule has 0 unspecified atom stereocenters. The monoisotopic (exact) mass is 710 g/mol. The number of urea groups is 1. The van der Waals surface area contributed by atoms with Crippen molar-refractivity contribution in [1.29, 1.82) is 0 Å². The third-order valence-electron chi connectivity index (χ3n) is 8.83. The van der Waals surface area contributed by atoms with Gasteiger partial charge in [-0.25, -0.2) is 13.2 Å². The second kappa shape index (κ2) is 16.6. The molecule has 5 rings (SSSR count). The van der Waals surface area contributed by atoms with Crippen LogP contribution in [-0.2, 0) is 14.8 Å². The van der Waals surface area contributed by atoms with Gasteiger partial charge in [0, 0.05) is 50.1 Å². The molecule has 3 aromatic carbocycles. The van der Waals surface area contributed by atoms with Gasteiger partial charge in [-0.15, -0.1) is 0 Å². The van der Waals surface area contributed by atoms with Crippen molar-refractivity contribution in [3.63, 3.8) is 0 Å². The molecule has 0 aliphatic carbocycles. The molecule has 2 heterocycles. The summed E-state index contributed by atoms with van der Waals surface area (Å²) in [5.74, 6) is 0.719. The number of likely N-dealkylation sites (N-methyl/N-ethyl adjacent to an activating group) is 1. The van der Waals surface area contributed by atoms with Crippen molar-refractivity contribution in [2.24, 2.45) is 5.92 Å². The van der Waals surface area contributed by atoms with E-state index in [9.17, 15) is 23.1 Å². The zero-order valence-corrected chi connectivity index (χ0v) is 29.6. The minimum Gasteiger partial charge on any atom is -0.490 e. The second-order valence-electron chi connectivity index (χ2n) is 12.8. The summed E-state index contributed by atoms with van der Waals surface area (Å²) in [7, 11) is -2.26. The van der Waals surface area contributed by atoms with Gasteiger partial charge in [-0.1, -0.05) is 25.1 Å². The number of carbonyl (C=O) groups excluding carboxylic acids is 2. The molecule has 0 fully saturated rings. The fourth-order valence-corrected chi connectivity index (χ4v) is 7.06. The van der Waals surface area contributed by atoms with Crippen molar-refractivity contribution in [3.05, 3.63) is 72.3 Å². The maximum absolute atomic E-state index is 14.4. The van der Waals surface area contributed by atoms with Crippen molar-refractivity contribution in [1.82, 2.24) is 9.21 Å². The van der Waals surface area contributed by atoms with Crippen molar-refractivity contribution in [2.45, 2.75) is 63.2 Å². The minimum absolute atomic E-state index is 0.0661. The van der Waals surface area contributed by atoms with Crippen LogP contribution in [0.1, 0.15) is 50.4 Å². The lowest BCUT2D eigenvalue weighted by molar-refractivity contribution is -0.00833. The standard InChI is InChI=1S/C36H46N4O9S/c1-24-20-40(25(2)22-41)35(42)30-18-27(37-36(43)38-28-14-16-32-33(19-28)48-23-47-32)13-15-31(30)49-26(3)10-8-9-17-46-34(24)21-39(4)50(44,45)29-11-6-5-7-12-29/h5-7,11-16,18-19,24-26,34,41H,8-10,17,20-23H2,1-4H3,(H2,37,38,43)/t24-,25+,26-,34+/m1/s1. The first-order chi connectivity index (χ1) is 24.0. The highest BCUT2D eigenvalue weighted by Crippen LogP contribution is 2.34. The number of rotatable bonds is 8. The molecule has 3 amide bonds. The molecule has 2 aliphatic heterocycles. The maximum Gasteiger partial charge on any atom is 0.323 e. The van der Waals surface area contributed by atoms with Crippen molar-refractivity contribution in [3.8, 4) is 17.2 Å². The molecule has 13 nitrogen and oxygen atoms in total. The number of ether oxygens (including phenoxy) is 4. The number of amides is 3. The Hall–Kier alpha value is -4.37. The van der Waals surface area contributed by atoms with E-state index < -0.39 is 34.1 Å². The van der Waals surface area contributed by atoms with Gasteiger partial charge in [-0.3, -0.25) is 4.79 Å². The molecule has 0 spiro atoms. The van der Waals surface area contributed by atoms with Crippen LogP contribution in [0.5, 0.6) is 17.2 Å². The summed E-state index contributed by atoms with van der Waals surface area (Å²) in [4.78, 5) is 29.1. The van der Waals surface area contributed by atoms with Crippen LogP contribution in [0, 0.1) is 5.92 Å². The van der Waals surface area contributed by atoms with Crippen LogP contribution in [0.15, 0.2) is 71.6 Å². The van der Waals surface area contributed by atoms with Gasteiger partial charge in [0.25, 0.3) is 5.91 Å². The van der Waals surface area contributed by atoms with E-state index in [0.717, 1.165) is 12.8 Å². The summed E-state index contributed by atoms with van der Waals surface area (Å²) in [5, 5.41) is 15.8. The number of anilines is 2. The van der Waals surface area contributed by atoms with E-state index in [-0.39, 0.29) is 49.0 Å². The van der Waals surface area contributed by atoms with Crippen molar-refractivity contribution < 1.29 is 42.1 Å². The molecule has 4 atom stereocenters. The minimum atomic E-state index is -3.79. The number of sulfonamides is 1. The molecule has 14 heteroatoms. The number of carbonyl (C=O) groups is 2. The number of nitrogens with zero attached hydrogens (tertiary/aromatic N) is 2. The Kier molecular flexibility index (Phi) is 12.2. The number of aliphatic hydroxyl groups excluding tert-OH is 1. The summed E-state index contributed by atoms with van der Waals surface area (Å²) in [6.07, 6.45) is 1.42. The molecule has 50 heavy (non-hydrogen) atoms. The fourth-order valence-electron chi connectivity index (χ4n) is 5.85. The van der Waals surface area contributed by atoms with Crippen LogP contribution in [0.2, 0.25) is 0 Å². The average molecular weight is 711 g/mol. The lowest BCUT2D eigenvalue weighted by Crippen LogP contribution is -2.48. The van der Waals surface area contributed by atoms with Gasteiger partial charge in [-0.2, -0.15) is 4.31 Å². The fraction of sp³-hybridized carbons (Fsp3) is 0.444. The van der Waals surface area contributed by atoms with E-state index in [4.69, 9.17) is 18.9 Å². The lowest BCUT2D eigenvalue weighted by atomic mass is 10.0. The molecule has 2 aliphatic rings. The summed E-state index contributed by atoms with van der Waals surface area (Å²) in [6.45, 7) is 5.99.